The Hall–Kier alpha value is -3.35. The number of carbonyl (C=O) groups is 1. The van der Waals surface area contributed by atoms with Crippen molar-refractivity contribution < 1.29 is 4.79 Å². The average molecular weight is 372 g/mol. The molecule has 4 aromatic rings. The summed E-state index contributed by atoms with van der Waals surface area (Å²) in [5, 5.41) is 5.26. The normalized spacial score (nSPS) is 14.7. The molecule has 7 heteroatoms. The van der Waals surface area contributed by atoms with Crippen LogP contribution in [0, 0.1) is 0 Å². The highest BCUT2D eigenvalue weighted by molar-refractivity contribution is 5.97. The van der Waals surface area contributed by atoms with Gasteiger partial charge in [-0.2, -0.15) is 5.10 Å². The van der Waals surface area contributed by atoms with Crippen molar-refractivity contribution in [1.82, 2.24) is 29.6 Å². The summed E-state index contributed by atoms with van der Waals surface area (Å²) in [6, 6.07) is 7.56. The summed E-state index contributed by atoms with van der Waals surface area (Å²) in [6.45, 7) is 1.67. The highest BCUT2D eigenvalue weighted by Gasteiger charge is 2.18. The second kappa shape index (κ2) is 6.67. The lowest BCUT2D eigenvalue weighted by Gasteiger charge is -2.26. The third-order valence-electron chi connectivity index (χ3n) is 5.20. The van der Waals surface area contributed by atoms with Gasteiger partial charge in [-0.3, -0.25) is 14.5 Å². The standard InChI is InChI=1S/C21H20N6O/c1-26-13-16-9-15(11-23-20(16)25-26)19-12-22-17-6-5-14(10-18(17)24-19)21(28)27-7-3-2-4-8-27/h5-6,9-13H,2-4,7-8H2,1H3. The first-order valence-electron chi connectivity index (χ1n) is 9.53. The average Bonchev–Trinajstić information content (AvgIpc) is 3.12. The van der Waals surface area contributed by atoms with Crippen LogP contribution in [-0.4, -0.2) is 48.6 Å². The van der Waals surface area contributed by atoms with Crippen LogP contribution in [0.4, 0.5) is 0 Å². The van der Waals surface area contributed by atoms with Crippen LogP contribution in [-0.2, 0) is 7.05 Å². The van der Waals surface area contributed by atoms with Gasteiger partial charge in [0.05, 0.1) is 22.9 Å². The van der Waals surface area contributed by atoms with Crippen molar-refractivity contribution in [3.8, 4) is 11.3 Å². The van der Waals surface area contributed by atoms with Crippen LogP contribution in [0.1, 0.15) is 29.6 Å². The van der Waals surface area contributed by atoms with Gasteiger partial charge in [0.2, 0.25) is 0 Å². The van der Waals surface area contributed by atoms with Crippen molar-refractivity contribution in [3.63, 3.8) is 0 Å². The van der Waals surface area contributed by atoms with Gasteiger partial charge in [0.15, 0.2) is 5.65 Å². The van der Waals surface area contributed by atoms with Crippen molar-refractivity contribution in [3.05, 3.63) is 48.4 Å². The molecule has 1 aliphatic rings. The van der Waals surface area contributed by atoms with Gasteiger partial charge in [-0.1, -0.05) is 0 Å². The zero-order valence-electron chi connectivity index (χ0n) is 15.7. The van der Waals surface area contributed by atoms with Crippen molar-refractivity contribution >= 4 is 28.0 Å². The molecule has 0 aliphatic carbocycles. The quantitative estimate of drug-likeness (QED) is 0.540. The Labute approximate surface area is 162 Å². The Morgan fingerprint density at radius 3 is 2.71 bits per heavy atom. The fourth-order valence-corrected chi connectivity index (χ4v) is 3.74. The van der Waals surface area contributed by atoms with Crippen molar-refractivity contribution in [2.24, 2.45) is 7.05 Å². The highest BCUT2D eigenvalue weighted by atomic mass is 16.2. The number of rotatable bonds is 2. The maximum atomic E-state index is 12.8. The van der Waals surface area contributed by atoms with Gasteiger partial charge in [0.25, 0.3) is 5.91 Å². The molecule has 0 radical (unpaired) electrons. The number of carbonyl (C=O) groups excluding carboxylic acids is 1. The SMILES string of the molecule is Cn1cc2cc(-c3cnc4ccc(C(=O)N5CCCCC5)cc4n3)cnc2n1. The number of hydrogen-bond donors (Lipinski definition) is 0. The first-order chi connectivity index (χ1) is 13.7. The third-order valence-corrected chi connectivity index (χ3v) is 5.20. The van der Waals surface area contributed by atoms with E-state index in [1.165, 1.54) is 6.42 Å². The topological polar surface area (TPSA) is 76.8 Å². The third kappa shape index (κ3) is 2.98. The van der Waals surface area contributed by atoms with Crippen LogP contribution in [0.2, 0.25) is 0 Å². The van der Waals surface area contributed by atoms with Crippen LogP contribution in [0.5, 0.6) is 0 Å². The smallest absolute Gasteiger partial charge is 0.253 e. The minimum absolute atomic E-state index is 0.0762. The molecule has 0 atom stereocenters. The molecule has 0 spiro atoms. The fourth-order valence-electron chi connectivity index (χ4n) is 3.74. The molecule has 4 heterocycles. The van der Waals surface area contributed by atoms with Crippen molar-refractivity contribution in [1.29, 1.82) is 0 Å². The summed E-state index contributed by atoms with van der Waals surface area (Å²) < 4.78 is 1.74. The predicted molar refractivity (Wildman–Crippen MR) is 107 cm³/mol. The number of likely N-dealkylation sites (tertiary alicyclic amines) is 1. The molecule has 28 heavy (non-hydrogen) atoms. The van der Waals surface area contributed by atoms with E-state index in [9.17, 15) is 4.79 Å². The molecule has 0 bridgehead atoms. The molecule has 1 amide bonds. The molecule has 7 nitrogen and oxygen atoms in total. The molecule has 0 unspecified atom stereocenters. The van der Waals surface area contributed by atoms with Crippen LogP contribution < -0.4 is 0 Å². The summed E-state index contributed by atoms with van der Waals surface area (Å²) in [6.07, 6.45) is 8.78. The molecule has 140 valence electrons. The number of amides is 1. The lowest BCUT2D eigenvalue weighted by atomic mass is 10.1. The van der Waals surface area contributed by atoms with Gasteiger partial charge in [-0.05, 0) is 43.5 Å². The van der Waals surface area contributed by atoms with Crippen LogP contribution >= 0.6 is 0 Å². The van der Waals surface area contributed by atoms with E-state index in [2.05, 4.69) is 15.1 Å². The van der Waals surface area contributed by atoms with Gasteiger partial charge in [0, 0.05) is 49.0 Å². The minimum atomic E-state index is 0.0762. The van der Waals surface area contributed by atoms with Crippen molar-refractivity contribution in [2.45, 2.75) is 19.3 Å². The Morgan fingerprint density at radius 2 is 1.86 bits per heavy atom. The molecule has 1 aromatic carbocycles. The van der Waals surface area contributed by atoms with Crippen LogP contribution in [0.3, 0.4) is 0 Å². The van der Waals surface area contributed by atoms with Gasteiger partial charge >= 0.3 is 0 Å². The van der Waals surface area contributed by atoms with E-state index in [0.717, 1.165) is 48.1 Å². The summed E-state index contributed by atoms with van der Waals surface area (Å²) in [5.74, 6) is 0.0762. The largest absolute Gasteiger partial charge is 0.339 e. The Kier molecular flexibility index (Phi) is 4.00. The maximum Gasteiger partial charge on any atom is 0.253 e. The van der Waals surface area contributed by atoms with Gasteiger partial charge in [-0.15, -0.1) is 0 Å². The molecular formula is C21H20N6O. The fraction of sp³-hybridized carbons (Fsp3) is 0.286. The molecule has 0 N–H and O–H groups in total. The number of aryl methyl sites for hydroxylation is 1. The zero-order valence-corrected chi connectivity index (χ0v) is 15.7. The first kappa shape index (κ1) is 16.8. The Morgan fingerprint density at radius 1 is 1.00 bits per heavy atom. The molecule has 0 saturated carbocycles. The second-order valence-electron chi connectivity index (χ2n) is 7.25. The van der Waals surface area contributed by atoms with E-state index in [0.29, 0.717) is 16.7 Å². The number of pyridine rings is 1. The van der Waals surface area contributed by atoms with E-state index in [1.54, 1.807) is 17.1 Å². The first-order valence-corrected chi connectivity index (χ1v) is 9.53. The summed E-state index contributed by atoms with van der Waals surface area (Å²) in [4.78, 5) is 28.4. The van der Waals surface area contributed by atoms with Gasteiger partial charge in [-0.25, -0.2) is 9.97 Å². The Balaban J connectivity index is 1.52. The summed E-state index contributed by atoms with van der Waals surface area (Å²) in [5.41, 5.74) is 4.47. The van der Waals surface area contributed by atoms with Gasteiger partial charge in [0.1, 0.15) is 0 Å². The molecule has 1 fully saturated rings. The second-order valence-corrected chi connectivity index (χ2v) is 7.25. The number of hydrogen-bond acceptors (Lipinski definition) is 5. The number of aromatic nitrogens is 5. The van der Waals surface area contributed by atoms with Crippen LogP contribution in [0.25, 0.3) is 33.3 Å². The molecule has 1 saturated heterocycles. The number of piperidine rings is 1. The summed E-state index contributed by atoms with van der Waals surface area (Å²) in [7, 11) is 1.87. The van der Waals surface area contributed by atoms with E-state index in [-0.39, 0.29) is 5.91 Å². The number of benzene rings is 1. The Bertz CT molecular complexity index is 1190. The monoisotopic (exact) mass is 372 g/mol. The predicted octanol–water partition coefficient (Wildman–Crippen LogP) is 3.20. The molecule has 5 rings (SSSR count). The van der Waals surface area contributed by atoms with E-state index in [4.69, 9.17) is 4.98 Å². The van der Waals surface area contributed by atoms with E-state index in [1.807, 2.05) is 42.4 Å². The minimum Gasteiger partial charge on any atom is -0.339 e. The van der Waals surface area contributed by atoms with E-state index < -0.39 is 0 Å². The molecule has 3 aromatic heterocycles. The van der Waals surface area contributed by atoms with E-state index >= 15 is 0 Å². The molecular weight excluding hydrogens is 352 g/mol. The number of nitrogens with zero attached hydrogens (tertiary/aromatic N) is 6. The van der Waals surface area contributed by atoms with Crippen molar-refractivity contribution in [2.75, 3.05) is 13.1 Å². The maximum absolute atomic E-state index is 12.8. The van der Waals surface area contributed by atoms with Crippen LogP contribution in [0.15, 0.2) is 42.9 Å². The van der Waals surface area contributed by atoms with Gasteiger partial charge < -0.3 is 4.90 Å². The summed E-state index contributed by atoms with van der Waals surface area (Å²) >= 11 is 0. The number of fused-ring (bicyclic) bond motifs is 2. The zero-order chi connectivity index (χ0) is 19.1. The molecule has 1 aliphatic heterocycles. The highest BCUT2D eigenvalue weighted by Crippen LogP contribution is 2.23. The lowest BCUT2D eigenvalue weighted by molar-refractivity contribution is 0.0724. The lowest BCUT2D eigenvalue weighted by Crippen LogP contribution is -2.35.